The number of hydrazone groups is 1. The van der Waals surface area contributed by atoms with Gasteiger partial charge in [-0.15, -0.1) is 0 Å². The highest BCUT2D eigenvalue weighted by Crippen LogP contribution is 2.39. The second-order valence-electron chi connectivity index (χ2n) is 8.87. The number of ether oxygens (including phenoxy) is 2. The quantitative estimate of drug-likeness (QED) is 0.0855. The Morgan fingerprint density at radius 2 is 1.75 bits per heavy atom. The Balaban J connectivity index is 1.44. The van der Waals surface area contributed by atoms with Gasteiger partial charge in [0.2, 0.25) is 0 Å². The molecule has 5 aromatic rings. The highest BCUT2D eigenvalue weighted by atomic mass is 79.9. The summed E-state index contributed by atoms with van der Waals surface area (Å²) >= 11 is 9.95. The number of para-hydroxylation sites is 1. The molecule has 0 bridgehead atoms. The van der Waals surface area contributed by atoms with E-state index in [0.29, 0.717) is 44.3 Å². The van der Waals surface area contributed by atoms with Crippen LogP contribution in [0.15, 0.2) is 94.5 Å². The van der Waals surface area contributed by atoms with E-state index in [9.17, 15) is 9.59 Å². The largest absolute Gasteiger partial charge is 0.495 e. The number of nitrogens with one attached hydrogen (secondary N) is 2. The molecule has 0 aliphatic rings. The molecule has 0 fully saturated rings. The van der Waals surface area contributed by atoms with Gasteiger partial charge in [-0.25, -0.2) is 10.2 Å². The molecule has 5 rings (SSSR count). The summed E-state index contributed by atoms with van der Waals surface area (Å²) in [4.78, 5) is 29.3. The number of amides is 1. The lowest BCUT2D eigenvalue weighted by atomic mass is 10.0. The number of fused-ring (bicyclic) bond motifs is 1. The van der Waals surface area contributed by atoms with Crippen LogP contribution in [0.2, 0.25) is 5.02 Å². The van der Waals surface area contributed by atoms with E-state index in [1.54, 1.807) is 43.5 Å². The fourth-order valence-electron chi connectivity index (χ4n) is 4.25. The van der Waals surface area contributed by atoms with Crippen molar-refractivity contribution in [1.29, 1.82) is 0 Å². The summed E-state index contributed by atoms with van der Waals surface area (Å²) in [6.45, 7) is 1.94. The number of aryl methyl sites for hydroxylation is 1. The number of hydrogen-bond donors (Lipinski definition) is 2. The Bertz CT molecular complexity index is 1760. The maximum Gasteiger partial charge on any atom is 0.343 e. The van der Waals surface area contributed by atoms with Crippen molar-refractivity contribution < 1.29 is 19.1 Å². The van der Waals surface area contributed by atoms with Crippen molar-refractivity contribution in [2.24, 2.45) is 5.10 Å². The lowest BCUT2D eigenvalue weighted by Gasteiger charge is -2.09. The van der Waals surface area contributed by atoms with Crippen molar-refractivity contribution in [2.45, 2.75) is 6.92 Å². The van der Waals surface area contributed by atoms with E-state index >= 15 is 0 Å². The maximum absolute atomic E-state index is 13.4. The number of aromatic nitrogens is 1. The van der Waals surface area contributed by atoms with Crippen LogP contribution in [0.1, 0.15) is 32.0 Å². The predicted molar refractivity (Wildman–Crippen MR) is 161 cm³/mol. The number of aromatic amines is 1. The molecule has 9 heteroatoms. The molecule has 4 aromatic carbocycles. The molecule has 0 atom stereocenters. The molecule has 0 radical (unpaired) electrons. The number of hydrogen-bond acceptors (Lipinski definition) is 5. The molecule has 2 N–H and O–H groups in total. The van der Waals surface area contributed by atoms with Gasteiger partial charge in [-0.1, -0.05) is 75.6 Å². The number of halogens is 2. The zero-order valence-corrected chi connectivity index (χ0v) is 23.8. The maximum atomic E-state index is 13.4. The van der Waals surface area contributed by atoms with Gasteiger partial charge in [0, 0.05) is 31.6 Å². The van der Waals surface area contributed by atoms with Gasteiger partial charge in [0.1, 0.15) is 17.2 Å². The molecule has 200 valence electrons. The van der Waals surface area contributed by atoms with Crippen LogP contribution in [0.3, 0.4) is 0 Å². The van der Waals surface area contributed by atoms with Crippen molar-refractivity contribution in [3.63, 3.8) is 0 Å². The summed E-state index contributed by atoms with van der Waals surface area (Å²) in [5.41, 5.74) is 6.76. The van der Waals surface area contributed by atoms with Gasteiger partial charge in [-0.2, -0.15) is 5.10 Å². The SMILES string of the molecule is COc1cccc2c(-c3ccccc3Cl)c(C(=O)NN=Cc3cc(Br)ccc3OC(=O)c3ccc(C)cc3)[nH]c12. The van der Waals surface area contributed by atoms with E-state index in [2.05, 4.69) is 31.4 Å². The molecule has 40 heavy (non-hydrogen) atoms. The fourth-order valence-corrected chi connectivity index (χ4v) is 4.86. The number of nitrogens with zero attached hydrogens (tertiary/aromatic N) is 1. The van der Waals surface area contributed by atoms with Crippen LogP contribution in [-0.4, -0.2) is 30.2 Å². The van der Waals surface area contributed by atoms with Gasteiger partial charge < -0.3 is 14.5 Å². The zero-order chi connectivity index (χ0) is 28.2. The molecule has 0 spiro atoms. The Morgan fingerprint density at radius 1 is 0.975 bits per heavy atom. The summed E-state index contributed by atoms with van der Waals surface area (Å²) in [5.74, 6) is -0.114. The molecule has 0 saturated heterocycles. The number of carbonyl (C=O) groups is 2. The van der Waals surface area contributed by atoms with E-state index in [-0.39, 0.29) is 5.69 Å². The van der Waals surface area contributed by atoms with E-state index in [1.165, 1.54) is 6.21 Å². The number of rotatable bonds is 7. The molecule has 0 saturated carbocycles. The average molecular weight is 617 g/mol. The van der Waals surface area contributed by atoms with E-state index in [0.717, 1.165) is 15.4 Å². The van der Waals surface area contributed by atoms with Crippen molar-refractivity contribution in [3.8, 4) is 22.6 Å². The summed E-state index contributed by atoms with van der Waals surface area (Å²) < 4.78 is 11.9. The first-order valence-electron chi connectivity index (χ1n) is 12.2. The number of esters is 1. The third kappa shape index (κ3) is 5.64. The molecular formula is C31H23BrClN3O4. The molecule has 1 heterocycles. The van der Waals surface area contributed by atoms with Crippen LogP contribution in [0.5, 0.6) is 11.5 Å². The van der Waals surface area contributed by atoms with Gasteiger partial charge in [0.25, 0.3) is 5.91 Å². The van der Waals surface area contributed by atoms with Gasteiger partial charge in [0.15, 0.2) is 0 Å². The zero-order valence-electron chi connectivity index (χ0n) is 21.5. The molecule has 7 nitrogen and oxygen atoms in total. The predicted octanol–water partition coefficient (Wildman–Crippen LogP) is 7.55. The van der Waals surface area contributed by atoms with Crippen molar-refractivity contribution in [3.05, 3.63) is 117 Å². The van der Waals surface area contributed by atoms with Crippen LogP contribution in [0.25, 0.3) is 22.0 Å². The molecular weight excluding hydrogens is 594 g/mol. The molecule has 1 amide bonds. The molecule has 1 aromatic heterocycles. The number of H-pyrrole nitrogens is 1. The van der Waals surface area contributed by atoms with Crippen molar-refractivity contribution >= 4 is 56.5 Å². The Morgan fingerprint density at radius 3 is 2.50 bits per heavy atom. The third-order valence-corrected chi connectivity index (χ3v) is 7.04. The highest BCUT2D eigenvalue weighted by molar-refractivity contribution is 9.10. The summed E-state index contributed by atoms with van der Waals surface area (Å²) in [5, 5.41) is 5.44. The highest BCUT2D eigenvalue weighted by Gasteiger charge is 2.22. The van der Waals surface area contributed by atoms with Crippen LogP contribution < -0.4 is 14.9 Å². The summed E-state index contributed by atoms with van der Waals surface area (Å²) in [6, 6.07) is 25.1. The van der Waals surface area contributed by atoms with E-state index in [1.807, 2.05) is 55.5 Å². The number of methoxy groups -OCH3 is 1. The normalized spacial score (nSPS) is 11.1. The lowest BCUT2D eigenvalue weighted by Crippen LogP contribution is -2.19. The molecule has 0 aliphatic heterocycles. The molecule has 0 aliphatic carbocycles. The molecule has 0 unspecified atom stereocenters. The van der Waals surface area contributed by atoms with Crippen LogP contribution >= 0.6 is 27.5 Å². The van der Waals surface area contributed by atoms with E-state index < -0.39 is 11.9 Å². The first kappa shape index (κ1) is 27.2. The van der Waals surface area contributed by atoms with Crippen LogP contribution in [0, 0.1) is 6.92 Å². The van der Waals surface area contributed by atoms with Crippen molar-refractivity contribution in [2.75, 3.05) is 7.11 Å². The van der Waals surface area contributed by atoms with Crippen molar-refractivity contribution in [1.82, 2.24) is 10.4 Å². The minimum atomic E-state index is -0.502. The van der Waals surface area contributed by atoms with E-state index in [4.69, 9.17) is 21.1 Å². The van der Waals surface area contributed by atoms with Gasteiger partial charge >= 0.3 is 5.97 Å². The summed E-state index contributed by atoms with van der Waals surface area (Å²) in [7, 11) is 1.57. The fraction of sp³-hybridized carbons (Fsp3) is 0.0645. The van der Waals surface area contributed by atoms with Crippen LogP contribution in [-0.2, 0) is 0 Å². The minimum Gasteiger partial charge on any atom is -0.495 e. The Hall–Kier alpha value is -4.40. The van der Waals surface area contributed by atoms with Gasteiger partial charge in [0.05, 0.1) is 24.4 Å². The van der Waals surface area contributed by atoms with Gasteiger partial charge in [-0.3, -0.25) is 4.79 Å². The summed E-state index contributed by atoms with van der Waals surface area (Å²) in [6.07, 6.45) is 1.42. The second-order valence-corrected chi connectivity index (χ2v) is 10.2. The first-order chi connectivity index (χ1) is 19.4. The smallest absolute Gasteiger partial charge is 0.343 e. The monoisotopic (exact) mass is 615 g/mol. The third-order valence-electron chi connectivity index (χ3n) is 6.22. The number of carbonyl (C=O) groups excluding carboxylic acids is 2. The Kier molecular flexibility index (Phi) is 8.00. The first-order valence-corrected chi connectivity index (χ1v) is 13.4. The second kappa shape index (κ2) is 11.8. The standard InChI is InChI=1S/C31H23BrClN3O4/c1-18-10-12-19(13-11-18)31(38)40-25-15-14-21(32)16-20(25)17-34-36-30(37)29-27(22-6-3-4-8-24(22)33)23-7-5-9-26(39-2)28(23)35-29/h3-17,35H,1-2H3,(H,36,37). The lowest BCUT2D eigenvalue weighted by molar-refractivity contribution is 0.0734. The van der Waals surface area contributed by atoms with Crippen LogP contribution in [0.4, 0.5) is 0 Å². The topological polar surface area (TPSA) is 92.8 Å². The Labute approximate surface area is 243 Å². The minimum absolute atomic E-state index is 0.269. The average Bonchev–Trinajstić information content (AvgIpc) is 3.34. The number of benzene rings is 4. The van der Waals surface area contributed by atoms with Gasteiger partial charge in [-0.05, 0) is 49.4 Å².